The van der Waals surface area contributed by atoms with Gasteiger partial charge >= 0.3 is 6.92 Å². The normalized spacial score (nSPS) is 10.8. The van der Waals surface area contributed by atoms with Gasteiger partial charge in [0.1, 0.15) is 11.3 Å². The summed E-state index contributed by atoms with van der Waals surface area (Å²) in [6.45, 7) is -0.744. The standard InChI is InChI=1S/C26H17BClFN2O/c28-23-14-15-24(25-20(23)11-6-16-30-25)32-27(22-13-7-17-31-26(22)29)21-12-5-4-10-19(21)18-8-2-1-3-9-18/h1-17H. The van der Waals surface area contributed by atoms with Gasteiger partial charge in [-0.05, 0) is 46.9 Å². The van der Waals surface area contributed by atoms with Crippen molar-refractivity contribution in [2.24, 2.45) is 0 Å². The van der Waals surface area contributed by atoms with E-state index in [9.17, 15) is 4.39 Å². The van der Waals surface area contributed by atoms with Crippen molar-refractivity contribution in [3.8, 4) is 16.9 Å². The monoisotopic (exact) mass is 438 g/mol. The Kier molecular flexibility index (Phi) is 5.57. The second kappa shape index (κ2) is 8.81. The van der Waals surface area contributed by atoms with Crippen molar-refractivity contribution >= 4 is 40.3 Å². The highest BCUT2D eigenvalue weighted by Crippen LogP contribution is 2.30. The maximum absolute atomic E-state index is 14.9. The first-order valence-electron chi connectivity index (χ1n) is 10.2. The number of aromatic nitrogens is 2. The molecule has 0 spiro atoms. The first-order chi connectivity index (χ1) is 15.7. The van der Waals surface area contributed by atoms with Crippen molar-refractivity contribution in [1.29, 1.82) is 0 Å². The molecule has 0 saturated heterocycles. The van der Waals surface area contributed by atoms with Crippen LogP contribution in [0, 0.1) is 5.95 Å². The van der Waals surface area contributed by atoms with Crippen molar-refractivity contribution in [3.05, 3.63) is 114 Å². The van der Waals surface area contributed by atoms with Crippen LogP contribution in [0.5, 0.6) is 5.75 Å². The molecule has 0 bridgehead atoms. The van der Waals surface area contributed by atoms with Crippen LogP contribution in [0.1, 0.15) is 0 Å². The van der Waals surface area contributed by atoms with Crippen LogP contribution in [0.15, 0.2) is 103 Å². The van der Waals surface area contributed by atoms with Crippen LogP contribution in [0.25, 0.3) is 22.0 Å². The molecule has 0 unspecified atom stereocenters. The summed E-state index contributed by atoms with van der Waals surface area (Å²) in [5.74, 6) is -0.0623. The summed E-state index contributed by atoms with van der Waals surface area (Å²) in [5, 5.41) is 1.35. The van der Waals surface area contributed by atoms with Crippen LogP contribution in [-0.4, -0.2) is 16.9 Å². The molecule has 3 nitrogen and oxygen atoms in total. The van der Waals surface area contributed by atoms with Gasteiger partial charge in [0.15, 0.2) is 0 Å². The molecule has 0 aliphatic rings. The Labute approximate surface area is 190 Å². The smallest absolute Gasteiger partial charge is 0.431 e. The highest BCUT2D eigenvalue weighted by atomic mass is 35.5. The van der Waals surface area contributed by atoms with E-state index in [0.717, 1.165) is 22.0 Å². The Hall–Kier alpha value is -3.70. The minimum absolute atomic E-state index is 0.343. The predicted octanol–water partition coefficient (Wildman–Crippen LogP) is 5.27. The van der Waals surface area contributed by atoms with Gasteiger partial charge in [-0.3, -0.25) is 4.98 Å². The summed E-state index contributed by atoms with van der Waals surface area (Å²) in [6.07, 6.45) is 3.11. The van der Waals surface area contributed by atoms with E-state index in [2.05, 4.69) is 9.97 Å². The van der Waals surface area contributed by atoms with E-state index >= 15 is 0 Å². The summed E-state index contributed by atoms with van der Waals surface area (Å²) in [7, 11) is 0. The van der Waals surface area contributed by atoms with Crippen molar-refractivity contribution in [2.75, 3.05) is 0 Å². The second-order valence-corrected chi connectivity index (χ2v) is 7.69. The minimum Gasteiger partial charge on any atom is -0.550 e. The fourth-order valence-electron chi connectivity index (χ4n) is 3.83. The van der Waals surface area contributed by atoms with Gasteiger partial charge in [-0.25, -0.2) is 4.98 Å². The van der Waals surface area contributed by atoms with Crippen LogP contribution in [0.3, 0.4) is 0 Å². The zero-order valence-electron chi connectivity index (χ0n) is 17.0. The van der Waals surface area contributed by atoms with Gasteiger partial charge < -0.3 is 4.65 Å². The van der Waals surface area contributed by atoms with Crippen molar-refractivity contribution < 1.29 is 9.04 Å². The van der Waals surface area contributed by atoms with Gasteiger partial charge in [0.05, 0.1) is 5.02 Å². The lowest BCUT2D eigenvalue weighted by Gasteiger charge is -2.20. The summed E-state index contributed by atoms with van der Waals surface area (Å²) >= 11 is 6.36. The summed E-state index contributed by atoms with van der Waals surface area (Å²) < 4.78 is 21.4. The third-order valence-electron chi connectivity index (χ3n) is 5.32. The Bertz CT molecular complexity index is 1400. The average Bonchev–Trinajstić information content (AvgIpc) is 2.85. The van der Waals surface area contributed by atoms with E-state index in [1.165, 1.54) is 6.20 Å². The first kappa shape index (κ1) is 20.2. The largest absolute Gasteiger partial charge is 0.550 e. The summed E-state index contributed by atoms with van der Waals surface area (Å²) in [6, 6.07) is 28.4. The fourth-order valence-corrected chi connectivity index (χ4v) is 4.04. The van der Waals surface area contributed by atoms with Crippen LogP contribution in [-0.2, 0) is 0 Å². The maximum atomic E-state index is 14.9. The number of fused-ring (bicyclic) bond motifs is 1. The molecule has 0 fully saturated rings. The number of halogens is 2. The molecule has 0 atom stereocenters. The molecule has 5 aromatic rings. The molecule has 0 saturated carbocycles. The van der Waals surface area contributed by atoms with Crippen LogP contribution < -0.4 is 15.6 Å². The fraction of sp³-hybridized carbons (Fsp3) is 0. The Morgan fingerprint density at radius 2 is 1.44 bits per heavy atom. The van der Waals surface area contributed by atoms with E-state index in [0.29, 0.717) is 21.8 Å². The molecular weight excluding hydrogens is 422 g/mol. The van der Waals surface area contributed by atoms with Gasteiger partial charge in [-0.15, -0.1) is 0 Å². The predicted molar refractivity (Wildman–Crippen MR) is 128 cm³/mol. The van der Waals surface area contributed by atoms with Crippen LogP contribution >= 0.6 is 11.6 Å². The van der Waals surface area contributed by atoms with E-state index in [4.69, 9.17) is 16.3 Å². The number of pyridine rings is 2. The minimum atomic E-state index is -0.744. The number of hydrogen-bond acceptors (Lipinski definition) is 3. The lowest BCUT2D eigenvalue weighted by molar-refractivity contribution is 0.573. The Morgan fingerprint density at radius 3 is 2.28 bits per heavy atom. The lowest BCUT2D eigenvalue weighted by atomic mass is 9.53. The highest BCUT2D eigenvalue weighted by molar-refractivity contribution is 6.81. The number of rotatable bonds is 5. The molecule has 154 valence electrons. The van der Waals surface area contributed by atoms with Crippen molar-refractivity contribution in [1.82, 2.24) is 9.97 Å². The molecule has 2 heterocycles. The molecule has 3 aromatic carbocycles. The number of benzene rings is 3. The quantitative estimate of drug-likeness (QED) is 0.277. The second-order valence-electron chi connectivity index (χ2n) is 7.28. The third-order valence-corrected chi connectivity index (χ3v) is 5.65. The molecule has 0 aliphatic heterocycles. The van der Waals surface area contributed by atoms with Gasteiger partial charge in [-0.2, -0.15) is 4.39 Å². The van der Waals surface area contributed by atoms with Crippen molar-refractivity contribution in [2.45, 2.75) is 0 Å². The number of hydrogen-bond donors (Lipinski definition) is 0. The lowest BCUT2D eigenvalue weighted by Crippen LogP contribution is -2.50. The van der Waals surface area contributed by atoms with E-state index in [1.807, 2.05) is 66.7 Å². The van der Waals surface area contributed by atoms with Gasteiger partial charge in [0.25, 0.3) is 0 Å². The molecule has 0 radical (unpaired) electrons. The molecular formula is C26H17BClFN2O. The van der Waals surface area contributed by atoms with Gasteiger partial charge in [0, 0.05) is 23.2 Å². The molecule has 6 heteroatoms. The van der Waals surface area contributed by atoms with E-state index in [1.54, 1.807) is 30.5 Å². The first-order valence-corrected chi connectivity index (χ1v) is 10.5. The number of nitrogens with zero attached hydrogens (tertiary/aromatic N) is 2. The summed E-state index contributed by atoms with van der Waals surface area (Å²) in [5.41, 5.74) is 3.75. The van der Waals surface area contributed by atoms with Gasteiger partial charge in [-0.1, -0.05) is 72.3 Å². The Morgan fingerprint density at radius 1 is 0.719 bits per heavy atom. The Balaban J connectivity index is 1.70. The van der Waals surface area contributed by atoms with Crippen LogP contribution in [0.2, 0.25) is 5.02 Å². The van der Waals surface area contributed by atoms with E-state index in [-0.39, 0.29) is 0 Å². The van der Waals surface area contributed by atoms with E-state index < -0.39 is 12.9 Å². The van der Waals surface area contributed by atoms with Gasteiger partial charge in [0.2, 0.25) is 5.95 Å². The zero-order chi connectivity index (χ0) is 21.9. The molecule has 0 aliphatic carbocycles. The SMILES string of the molecule is Fc1ncccc1B(Oc1ccc(Cl)c2cccnc12)c1ccccc1-c1ccccc1. The summed E-state index contributed by atoms with van der Waals surface area (Å²) in [4.78, 5) is 8.33. The van der Waals surface area contributed by atoms with Crippen molar-refractivity contribution in [3.63, 3.8) is 0 Å². The molecule has 0 N–H and O–H groups in total. The highest BCUT2D eigenvalue weighted by Gasteiger charge is 2.30. The average molecular weight is 439 g/mol. The zero-order valence-corrected chi connectivity index (χ0v) is 17.7. The third kappa shape index (κ3) is 3.83. The molecule has 0 amide bonds. The van der Waals surface area contributed by atoms with Crippen LogP contribution in [0.4, 0.5) is 4.39 Å². The maximum Gasteiger partial charge on any atom is 0.431 e. The molecule has 32 heavy (non-hydrogen) atoms. The molecule has 5 rings (SSSR count). The topological polar surface area (TPSA) is 35.0 Å². The molecule has 2 aromatic heterocycles.